The quantitative estimate of drug-likeness (QED) is 0.486. The molecule has 4 N–H and O–H groups in total. The van der Waals surface area contributed by atoms with E-state index in [0.717, 1.165) is 5.56 Å². The SMILES string of the molecule is CCOc1cccc(C)c1NC(=O)NC(=N)NC. The minimum absolute atomic E-state index is 0.0703. The van der Waals surface area contributed by atoms with E-state index in [4.69, 9.17) is 10.1 Å². The molecule has 1 aromatic rings. The molecule has 98 valence electrons. The van der Waals surface area contributed by atoms with Crippen molar-refractivity contribution < 1.29 is 9.53 Å². The first-order valence-corrected chi connectivity index (χ1v) is 5.65. The zero-order valence-electron chi connectivity index (χ0n) is 10.8. The average Bonchev–Trinajstić information content (AvgIpc) is 2.33. The van der Waals surface area contributed by atoms with Crippen LogP contribution in [-0.2, 0) is 0 Å². The van der Waals surface area contributed by atoms with Crippen LogP contribution in [0, 0.1) is 12.3 Å². The van der Waals surface area contributed by atoms with Gasteiger partial charge < -0.3 is 15.4 Å². The summed E-state index contributed by atoms with van der Waals surface area (Å²) in [7, 11) is 1.56. The van der Waals surface area contributed by atoms with Crippen LogP contribution in [0.25, 0.3) is 0 Å². The summed E-state index contributed by atoms with van der Waals surface area (Å²) in [6, 6.07) is 5.04. The molecular weight excluding hydrogens is 232 g/mol. The third-order valence-corrected chi connectivity index (χ3v) is 2.26. The van der Waals surface area contributed by atoms with Gasteiger partial charge in [-0.05, 0) is 25.5 Å². The number of hydrogen-bond donors (Lipinski definition) is 4. The Morgan fingerprint density at radius 2 is 2.17 bits per heavy atom. The highest BCUT2D eigenvalue weighted by molar-refractivity contribution is 6.02. The van der Waals surface area contributed by atoms with Gasteiger partial charge in [-0.2, -0.15) is 0 Å². The number of anilines is 1. The van der Waals surface area contributed by atoms with Crippen molar-refractivity contribution in [3.8, 4) is 5.75 Å². The van der Waals surface area contributed by atoms with E-state index >= 15 is 0 Å². The molecule has 0 bridgehead atoms. The second-order valence-electron chi connectivity index (χ2n) is 3.59. The van der Waals surface area contributed by atoms with Crippen molar-refractivity contribution in [2.45, 2.75) is 13.8 Å². The molecule has 0 fully saturated rings. The molecule has 2 amide bonds. The number of para-hydroxylation sites is 1. The first-order chi connectivity index (χ1) is 8.58. The molecule has 6 nitrogen and oxygen atoms in total. The maximum absolute atomic E-state index is 11.6. The molecule has 0 radical (unpaired) electrons. The average molecular weight is 250 g/mol. The predicted octanol–water partition coefficient (Wildman–Crippen LogP) is 1.67. The van der Waals surface area contributed by atoms with Crippen LogP contribution in [0.15, 0.2) is 18.2 Å². The third-order valence-electron chi connectivity index (χ3n) is 2.26. The third kappa shape index (κ3) is 3.65. The van der Waals surface area contributed by atoms with E-state index < -0.39 is 6.03 Å². The normalized spacial score (nSPS) is 9.50. The molecule has 0 saturated carbocycles. The topological polar surface area (TPSA) is 86.2 Å². The number of ether oxygens (including phenoxy) is 1. The smallest absolute Gasteiger partial charge is 0.326 e. The van der Waals surface area contributed by atoms with E-state index in [1.54, 1.807) is 13.1 Å². The molecule has 0 aliphatic rings. The molecule has 0 saturated heterocycles. The van der Waals surface area contributed by atoms with Gasteiger partial charge in [0.25, 0.3) is 0 Å². The fourth-order valence-corrected chi connectivity index (χ4v) is 1.40. The Labute approximate surface area is 106 Å². The number of amides is 2. The van der Waals surface area contributed by atoms with Crippen molar-refractivity contribution >= 4 is 17.7 Å². The zero-order valence-corrected chi connectivity index (χ0v) is 10.8. The van der Waals surface area contributed by atoms with Crippen LogP contribution in [0.3, 0.4) is 0 Å². The Balaban J connectivity index is 2.82. The fourth-order valence-electron chi connectivity index (χ4n) is 1.40. The molecule has 6 heteroatoms. The van der Waals surface area contributed by atoms with Gasteiger partial charge in [0.15, 0.2) is 5.96 Å². The van der Waals surface area contributed by atoms with Gasteiger partial charge in [0.2, 0.25) is 0 Å². The summed E-state index contributed by atoms with van der Waals surface area (Å²) in [5.74, 6) is 0.544. The Morgan fingerprint density at radius 3 is 2.78 bits per heavy atom. The first kappa shape index (κ1) is 13.8. The molecule has 0 atom stereocenters. The number of carbonyl (C=O) groups excluding carboxylic acids is 1. The van der Waals surface area contributed by atoms with Crippen LogP contribution < -0.4 is 20.7 Å². The highest BCUT2D eigenvalue weighted by atomic mass is 16.5. The second kappa shape index (κ2) is 6.48. The number of aryl methyl sites for hydroxylation is 1. The summed E-state index contributed by atoms with van der Waals surface area (Å²) < 4.78 is 5.44. The number of benzene rings is 1. The lowest BCUT2D eigenvalue weighted by atomic mass is 10.2. The molecule has 0 aliphatic heterocycles. The summed E-state index contributed by atoms with van der Waals surface area (Å²) in [4.78, 5) is 11.6. The number of hydrogen-bond acceptors (Lipinski definition) is 3. The fraction of sp³-hybridized carbons (Fsp3) is 0.333. The van der Waals surface area contributed by atoms with Gasteiger partial charge >= 0.3 is 6.03 Å². The minimum atomic E-state index is -0.482. The molecule has 0 aliphatic carbocycles. The first-order valence-electron chi connectivity index (χ1n) is 5.65. The maximum Gasteiger partial charge on any atom is 0.326 e. The number of guanidine groups is 1. The monoisotopic (exact) mass is 250 g/mol. The molecule has 0 heterocycles. The van der Waals surface area contributed by atoms with Crippen LogP contribution >= 0.6 is 0 Å². The summed E-state index contributed by atoms with van der Waals surface area (Å²) in [5, 5.41) is 14.8. The molecular formula is C12H18N4O2. The van der Waals surface area contributed by atoms with Crippen LogP contribution in [0.2, 0.25) is 0 Å². The van der Waals surface area contributed by atoms with Crippen molar-refractivity contribution in [3.05, 3.63) is 23.8 Å². The summed E-state index contributed by atoms with van der Waals surface area (Å²) in [6.07, 6.45) is 0. The molecule has 18 heavy (non-hydrogen) atoms. The van der Waals surface area contributed by atoms with E-state index in [-0.39, 0.29) is 5.96 Å². The van der Waals surface area contributed by atoms with E-state index in [9.17, 15) is 4.79 Å². The van der Waals surface area contributed by atoms with Gasteiger partial charge in [-0.1, -0.05) is 12.1 Å². The second-order valence-corrected chi connectivity index (χ2v) is 3.59. The highest BCUT2D eigenvalue weighted by Crippen LogP contribution is 2.27. The van der Waals surface area contributed by atoms with Gasteiger partial charge in [-0.3, -0.25) is 10.7 Å². The zero-order chi connectivity index (χ0) is 13.5. The van der Waals surface area contributed by atoms with Crippen molar-refractivity contribution in [1.82, 2.24) is 10.6 Å². The summed E-state index contributed by atoms with van der Waals surface area (Å²) in [5.41, 5.74) is 1.51. The largest absolute Gasteiger partial charge is 0.492 e. The predicted molar refractivity (Wildman–Crippen MR) is 71.3 cm³/mol. The summed E-state index contributed by atoms with van der Waals surface area (Å²) in [6.45, 7) is 4.27. The van der Waals surface area contributed by atoms with E-state index in [0.29, 0.717) is 18.0 Å². The van der Waals surface area contributed by atoms with Crippen molar-refractivity contribution in [2.75, 3.05) is 19.0 Å². The van der Waals surface area contributed by atoms with Crippen LogP contribution in [0.4, 0.5) is 10.5 Å². The molecule has 1 aromatic carbocycles. The van der Waals surface area contributed by atoms with Crippen molar-refractivity contribution in [3.63, 3.8) is 0 Å². The van der Waals surface area contributed by atoms with E-state index in [2.05, 4.69) is 16.0 Å². The van der Waals surface area contributed by atoms with Crippen LogP contribution in [0.5, 0.6) is 5.75 Å². The Hall–Kier alpha value is -2.24. The molecule has 1 rings (SSSR count). The van der Waals surface area contributed by atoms with Crippen LogP contribution in [0.1, 0.15) is 12.5 Å². The standard InChI is InChI=1S/C12H18N4O2/c1-4-18-9-7-5-6-8(2)10(9)15-12(17)16-11(13)14-3/h5-7H,4H2,1-3H3,(H4,13,14,15,16,17). The van der Waals surface area contributed by atoms with Gasteiger partial charge in [-0.15, -0.1) is 0 Å². The number of carbonyl (C=O) groups is 1. The van der Waals surface area contributed by atoms with Gasteiger partial charge in [-0.25, -0.2) is 4.79 Å². The highest BCUT2D eigenvalue weighted by Gasteiger charge is 2.10. The van der Waals surface area contributed by atoms with Crippen molar-refractivity contribution in [1.29, 1.82) is 5.41 Å². The molecule has 0 aromatic heterocycles. The number of nitrogens with one attached hydrogen (secondary N) is 4. The summed E-state index contributed by atoms with van der Waals surface area (Å²) >= 11 is 0. The van der Waals surface area contributed by atoms with E-state index in [1.807, 2.05) is 26.0 Å². The number of rotatable bonds is 3. The van der Waals surface area contributed by atoms with Gasteiger partial charge in [0.05, 0.1) is 12.3 Å². The lowest BCUT2D eigenvalue weighted by Gasteiger charge is -2.14. The Kier molecular flexibility index (Phi) is 4.98. The van der Waals surface area contributed by atoms with Crippen LogP contribution in [-0.4, -0.2) is 25.6 Å². The lowest BCUT2D eigenvalue weighted by Crippen LogP contribution is -2.40. The van der Waals surface area contributed by atoms with Crippen molar-refractivity contribution in [2.24, 2.45) is 0 Å². The van der Waals surface area contributed by atoms with Gasteiger partial charge in [0, 0.05) is 7.05 Å². The van der Waals surface area contributed by atoms with Gasteiger partial charge in [0.1, 0.15) is 5.75 Å². The molecule has 0 unspecified atom stereocenters. The minimum Gasteiger partial charge on any atom is -0.492 e. The lowest BCUT2D eigenvalue weighted by molar-refractivity contribution is 0.255. The Bertz CT molecular complexity index is 446. The molecule has 0 spiro atoms. The maximum atomic E-state index is 11.6. The number of urea groups is 1. The van der Waals surface area contributed by atoms with E-state index in [1.165, 1.54) is 0 Å². The Morgan fingerprint density at radius 1 is 1.44 bits per heavy atom.